The van der Waals surface area contributed by atoms with Gasteiger partial charge >= 0.3 is 11.9 Å². The molecule has 0 aliphatic carbocycles. The number of fused-ring (bicyclic) bond motifs is 2. The maximum absolute atomic E-state index is 13.6. The van der Waals surface area contributed by atoms with Gasteiger partial charge in [0.25, 0.3) is 0 Å². The molecular weight excluding hydrogens is 815 g/mol. The van der Waals surface area contributed by atoms with Gasteiger partial charge in [0.1, 0.15) is 17.2 Å². The minimum Gasteiger partial charge on any atom is -0.493 e. The van der Waals surface area contributed by atoms with Gasteiger partial charge in [-0.2, -0.15) is 10.1 Å². The van der Waals surface area contributed by atoms with Gasteiger partial charge in [-0.15, -0.1) is 0 Å². The summed E-state index contributed by atoms with van der Waals surface area (Å²) in [6.45, 7) is 13.4. The van der Waals surface area contributed by atoms with Gasteiger partial charge in [0.15, 0.2) is 0 Å². The van der Waals surface area contributed by atoms with Crippen LogP contribution < -0.4 is 19.2 Å². The Morgan fingerprint density at radius 2 is 1.48 bits per heavy atom. The molecule has 12 heteroatoms. The average Bonchev–Trinajstić information content (AvgIpc) is 3.70. The number of rotatable bonds is 20. The molecule has 0 bridgehead atoms. The van der Waals surface area contributed by atoms with Crippen molar-refractivity contribution in [2.24, 2.45) is 10.5 Å². The molecule has 0 saturated carbocycles. The van der Waals surface area contributed by atoms with Gasteiger partial charge in [0, 0.05) is 24.0 Å². The summed E-state index contributed by atoms with van der Waals surface area (Å²) in [7, 11) is 0. The zero-order valence-electron chi connectivity index (χ0n) is 36.7. The van der Waals surface area contributed by atoms with E-state index in [-0.39, 0.29) is 11.3 Å². The Morgan fingerprint density at radius 1 is 0.794 bits per heavy atom. The fourth-order valence-electron chi connectivity index (χ4n) is 7.36. The van der Waals surface area contributed by atoms with Crippen LogP contribution in [0, 0.1) is 26.2 Å². The van der Waals surface area contributed by atoms with Crippen LogP contribution in [0.4, 0.5) is 5.13 Å². The van der Waals surface area contributed by atoms with Gasteiger partial charge in [-0.25, -0.2) is 14.6 Å². The first-order valence-electron chi connectivity index (χ1n) is 21.8. The number of amides is 1. The van der Waals surface area contributed by atoms with Gasteiger partial charge in [-0.05, 0) is 129 Å². The van der Waals surface area contributed by atoms with Crippen molar-refractivity contribution in [3.05, 3.63) is 124 Å². The second-order valence-electron chi connectivity index (χ2n) is 16.3. The van der Waals surface area contributed by atoms with Gasteiger partial charge in [0.2, 0.25) is 11.0 Å². The molecule has 2 heterocycles. The van der Waals surface area contributed by atoms with E-state index in [9.17, 15) is 14.4 Å². The number of hydrogen-bond donors (Lipinski definition) is 0. The van der Waals surface area contributed by atoms with Crippen molar-refractivity contribution in [3.8, 4) is 17.2 Å². The lowest BCUT2D eigenvalue weighted by Crippen LogP contribution is -2.45. The summed E-state index contributed by atoms with van der Waals surface area (Å²) < 4.78 is 30.3. The van der Waals surface area contributed by atoms with Crippen LogP contribution in [0.2, 0.25) is 0 Å². The Balaban J connectivity index is 1.07. The first-order chi connectivity index (χ1) is 30.6. The molecule has 1 fully saturated rings. The number of nitrogens with zero attached hydrogens (tertiary/aromatic N) is 3. The van der Waals surface area contributed by atoms with Gasteiger partial charge in [0.05, 0.1) is 54.0 Å². The number of thiazole rings is 1. The minimum absolute atomic E-state index is 0.169. The predicted octanol–water partition coefficient (Wildman–Crippen LogP) is 11.4. The van der Waals surface area contributed by atoms with E-state index in [2.05, 4.69) is 6.92 Å². The Kier molecular flexibility index (Phi) is 15.0. The molecule has 1 amide bonds. The van der Waals surface area contributed by atoms with Gasteiger partial charge in [-0.1, -0.05) is 73.6 Å². The van der Waals surface area contributed by atoms with Crippen molar-refractivity contribution in [2.75, 3.05) is 38.0 Å². The number of carbonyl (C=O) groups is 3. The Bertz CT molecular complexity index is 2580. The lowest BCUT2D eigenvalue weighted by molar-refractivity contribution is -0.150. The van der Waals surface area contributed by atoms with Gasteiger partial charge in [-0.3, -0.25) is 4.79 Å². The summed E-state index contributed by atoms with van der Waals surface area (Å²) in [5, 5.41) is 8.15. The number of carbonyl (C=O) groups excluding carboxylic acids is 3. The highest BCUT2D eigenvalue weighted by molar-refractivity contribution is 7.22. The number of hydrogen-bond acceptors (Lipinski definition) is 11. The number of esters is 2. The van der Waals surface area contributed by atoms with Crippen LogP contribution in [0.1, 0.15) is 102 Å². The summed E-state index contributed by atoms with van der Waals surface area (Å²) in [5.41, 5.74) is 4.88. The number of unbranched alkanes of at least 4 members (excludes halogenated alkanes) is 3. The van der Waals surface area contributed by atoms with Crippen molar-refractivity contribution >= 4 is 61.5 Å². The zero-order chi connectivity index (χ0) is 44.3. The lowest BCUT2D eigenvalue weighted by atomic mass is 9.84. The van der Waals surface area contributed by atoms with Crippen LogP contribution in [0.15, 0.2) is 96.1 Å². The highest BCUT2D eigenvalue weighted by atomic mass is 32.1. The average molecular weight is 870 g/mol. The van der Waals surface area contributed by atoms with E-state index in [1.54, 1.807) is 49.5 Å². The van der Waals surface area contributed by atoms with Crippen LogP contribution >= 0.6 is 11.3 Å². The lowest BCUT2D eigenvalue weighted by Gasteiger charge is -2.40. The van der Waals surface area contributed by atoms with Crippen LogP contribution in [-0.2, 0) is 14.3 Å². The van der Waals surface area contributed by atoms with E-state index >= 15 is 0 Å². The number of para-hydroxylation sites is 1. The second-order valence-corrected chi connectivity index (χ2v) is 17.3. The molecule has 328 valence electrons. The molecular formula is C51H55N3O8S. The van der Waals surface area contributed by atoms with E-state index in [4.69, 9.17) is 33.8 Å². The Hall–Kier alpha value is -5.95. The second kappa shape index (κ2) is 20.9. The maximum atomic E-state index is 13.6. The zero-order valence-corrected chi connectivity index (χ0v) is 37.6. The highest BCUT2D eigenvalue weighted by Crippen LogP contribution is 2.33. The fourth-order valence-corrected chi connectivity index (χ4v) is 8.30. The molecule has 1 aromatic heterocycles. The van der Waals surface area contributed by atoms with E-state index < -0.39 is 11.9 Å². The number of aryl methyl sites for hydroxylation is 3. The van der Waals surface area contributed by atoms with Gasteiger partial charge < -0.3 is 23.7 Å². The molecule has 5 aromatic carbocycles. The van der Waals surface area contributed by atoms with Crippen molar-refractivity contribution in [1.82, 2.24) is 4.98 Å². The maximum Gasteiger partial charge on any atom is 0.343 e. The third kappa shape index (κ3) is 11.2. The molecule has 0 N–H and O–H groups in total. The Morgan fingerprint density at radius 3 is 2.16 bits per heavy atom. The highest BCUT2D eigenvalue weighted by Gasteiger charge is 2.36. The van der Waals surface area contributed by atoms with Crippen LogP contribution in [0.25, 0.3) is 21.0 Å². The van der Waals surface area contributed by atoms with Crippen LogP contribution in [0.3, 0.4) is 0 Å². The molecule has 0 unspecified atom stereocenters. The molecule has 11 nitrogen and oxygen atoms in total. The number of benzene rings is 5. The normalized spacial score (nSPS) is 13.3. The molecule has 1 saturated heterocycles. The summed E-state index contributed by atoms with van der Waals surface area (Å²) in [6, 6.07) is 27.3. The summed E-state index contributed by atoms with van der Waals surface area (Å²) in [5.74, 6) is 0.202. The Labute approximate surface area is 373 Å². The largest absolute Gasteiger partial charge is 0.493 e. The number of anilines is 1. The number of hydrazone groups is 1. The predicted molar refractivity (Wildman–Crippen MR) is 249 cm³/mol. The van der Waals surface area contributed by atoms with E-state index in [1.165, 1.54) is 16.3 Å². The molecule has 6 aromatic rings. The first kappa shape index (κ1) is 45.1. The van der Waals surface area contributed by atoms with E-state index in [0.717, 1.165) is 90.6 Å². The van der Waals surface area contributed by atoms with Crippen LogP contribution in [0.5, 0.6) is 17.2 Å². The molecule has 0 spiro atoms. The summed E-state index contributed by atoms with van der Waals surface area (Å²) >= 11 is 1.40. The standard InChI is InChI=1S/C51H55N3O8S/c1-6-14-47(55)54(50-53-42-15-10-11-16-46(42)63-50)52-30-41-40-21-18-39(29-37(40)19-24-45(41)60-26-13-9-8-12-25-58-31-51(7-2)32-59-33-51)49(57)62-44-23-20-38(28-36(44)5)48(56)61-43-22-17-34(3)27-35(43)4/h10-11,15-24,27-30H,6-9,12-14,25-26,31-33H2,1-5H3/b52-30+. The quantitative estimate of drug-likeness (QED) is 0.0242. The topological polar surface area (TPSA) is 126 Å². The SMILES string of the molecule is CCCC(=O)N(/N=C/c1c(OCCCCCCOCC2(CC)COC2)ccc2cc(C(=O)Oc3ccc(C(=O)Oc4ccc(C)cc4C)cc3C)ccc12)c1nc2ccccc2s1. The van der Waals surface area contributed by atoms with Crippen molar-refractivity contribution < 1.29 is 38.1 Å². The molecule has 7 rings (SSSR count). The number of aromatic nitrogens is 1. The first-order valence-corrected chi connectivity index (χ1v) is 22.6. The molecule has 1 aliphatic rings. The van der Waals surface area contributed by atoms with Crippen molar-refractivity contribution in [3.63, 3.8) is 0 Å². The molecule has 0 radical (unpaired) electrons. The summed E-state index contributed by atoms with van der Waals surface area (Å²) in [6.07, 6.45) is 7.54. The minimum atomic E-state index is -0.555. The monoisotopic (exact) mass is 869 g/mol. The molecule has 0 atom stereocenters. The third-order valence-electron chi connectivity index (χ3n) is 11.3. The van der Waals surface area contributed by atoms with Crippen molar-refractivity contribution in [2.45, 2.75) is 79.6 Å². The third-order valence-corrected chi connectivity index (χ3v) is 12.3. The van der Waals surface area contributed by atoms with Crippen LogP contribution in [-0.4, -0.2) is 62.1 Å². The van der Waals surface area contributed by atoms with E-state index in [1.807, 2.05) is 75.4 Å². The summed E-state index contributed by atoms with van der Waals surface area (Å²) in [4.78, 5) is 44.8. The molecule has 1 aliphatic heterocycles. The fraction of sp³-hybridized carbons (Fsp3) is 0.353. The van der Waals surface area contributed by atoms with E-state index in [0.29, 0.717) is 64.1 Å². The number of ether oxygens (including phenoxy) is 5. The molecule has 63 heavy (non-hydrogen) atoms. The van der Waals surface area contributed by atoms with Crippen molar-refractivity contribution in [1.29, 1.82) is 0 Å². The smallest absolute Gasteiger partial charge is 0.343 e.